The lowest BCUT2D eigenvalue weighted by Gasteiger charge is -2.37. The molecule has 1 aromatic rings. The van der Waals surface area contributed by atoms with E-state index in [1.807, 2.05) is 30.3 Å². The van der Waals surface area contributed by atoms with Gasteiger partial charge < -0.3 is 15.3 Å². The number of hydrogen-bond acceptors (Lipinski definition) is 2. The molecule has 0 heterocycles. The molecule has 1 aromatic carbocycles. The largest absolute Gasteiger partial charge is 0.481 e. The summed E-state index contributed by atoms with van der Waals surface area (Å²) in [6, 6.07) is 9.45. The van der Waals surface area contributed by atoms with Crippen molar-refractivity contribution in [3.8, 4) is 0 Å². The van der Waals surface area contributed by atoms with E-state index >= 15 is 0 Å². The minimum atomic E-state index is -0.810. The summed E-state index contributed by atoms with van der Waals surface area (Å²) in [5.41, 5.74) is 0.297. The monoisotopic (exact) mass is 276 g/mol. The van der Waals surface area contributed by atoms with Crippen molar-refractivity contribution in [1.29, 1.82) is 0 Å². The van der Waals surface area contributed by atoms with E-state index in [9.17, 15) is 14.7 Å². The average molecular weight is 276 g/mol. The van der Waals surface area contributed by atoms with Crippen molar-refractivity contribution >= 4 is 12.0 Å². The highest BCUT2D eigenvalue weighted by Gasteiger charge is 2.44. The molecule has 5 nitrogen and oxygen atoms in total. The van der Waals surface area contributed by atoms with E-state index in [4.69, 9.17) is 0 Å². The maximum absolute atomic E-state index is 12.0. The molecule has 5 heteroatoms. The highest BCUT2D eigenvalue weighted by Crippen LogP contribution is 2.40. The number of rotatable bonds is 5. The topological polar surface area (TPSA) is 69.6 Å². The van der Waals surface area contributed by atoms with Gasteiger partial charge in [0.05, 0.1) is 5.41 Å². The lowest BCUT2D eigenvalue weighted by atomic mass is 9.69. The molecule has 1 aliphatic carbocycles. The van der Waals surface area contributed by atoms with Gasteiger partial charge in [-0.05, 0) is 18.4 Å². The van der Waals surface area contributed by atoms with Crippen molar-refractivity contribution in [2.24, 2.45) is 5.41 Å². The Kier molecular flexibility index (Phi) is 4.27. The molecular formula is C15H20N2O3. The molecule has 2 rings (SSSR count). The van der Waals surface area contributed by atoms with Crippen LogP contribution >= 0.6 is 0 Å². The number of urea groups is 1. The van der Waals surface area contributed by atoms with Gasteiger partial charge in [0.15, 0.2) is 0 Å². The van der Waals surface area contributed by atoms with Crippen molar-refractivity contribution in [1.82, 2.24) is 10.2 Å². The molecule has 108 valence electrons. The van der Waals surface area contributed by atoms with E-state index < -0.39 is 11.4 Å². The molecule has 0 aliphatic heterocycles. The van der Waals surface area contributed by atoms with Crippen LogP contribution in [0.25, 0.3) is 0 Å². The van der Waals surface area contributed by atoms with Gasteiger partial charge in [0.2, 0.25) is 0 Å². The number of amides is 2. The van der Waals surface area contributed by atoms with E-state index in [2.05, 4.69) is 5.32 Å². The molecule has 20 heavy (non-hydrogen) atoms. The predicted octanol–water partition coefficient (Wildman–Crippen LogP) is 2.08. The highest BCUT2D eigenvalue weighted by atomic mass is 16.4. The summed E-state index contributed by atoms with van der Waals surface area (Å²) in [7, 11) is 1.70. The maximum atomic E-state index is 12.0. The Balaban J connectivity index is 1.84. The van der Waals surface area contributed by atoms with Gasteiger partial charge in [0.25, 0.3) is 0 Å². The van der Waals surface area contributed by atoms with Crippen LogP contribution in [0.2, 0.25) is 0 Å². The summed E-state index contributed by atoms with van der Waals surface area (Å²) >= 11 is 0. The first-order valence-electron chi connectivity index (χ1n) is 6.80. The first-order valence-corrected chi connectivity index (χ1v) is 6.80. The third-order valence-corrected chi connectivity index (χ3v) is 3.95. The van der Waals surface area contributed by atoms with Crippen LogP contribution in [0.5, 0.6) is 0 Å². The van der Waals surface area contributed by atoms with E-state index in [0.29, 0.717) is 19.4 Å². The molecule has 0 aromatic heterocycles. The summed E-state index contributed by atoms with van der Waals surface area (Å²) in [6.07, 6.45) is 2.21. The van der Waals surface area contributed by atoms with Crippen LogP contribution in [0.1, 0.15) is 24.8 Å². The first-order chi connectivity index (χ1) is 9.53. The number of carbonyl (C=O) groups excluding carboxylic acids is 1. The van der Waals surface area contributed by atoms with Crippen LogP contribution in [-0.4, -0.2) is 35.6 Å². The van der Waals surface area contributed by atoms with Crippen LogP contribution < -0.4 is 5.32 Å². The number of carboxylic acid groups (broad SMARTS) is 1. The van der Waals surface area contributed by atoms with Crippen LogP contribution in [0.3, 0.4) is 0 Å². The maximum Gasteiger partial charge on any atom is 0.317 e. The van der Waals surface area contributed by atoms with Gasteiger partial charge in [-0.1, -0.05) is 36.8 Å². The lowest BCUT2D eigenvalue weighted by molar-refractivity contribution is -0.153. The molecule has 0 unspecified atom stereocenters. The van der Waals surface area contributed by atoms with Crippen LogP contribution in [-0.2, 0) is 11.3 Å². The normalized spacial score (nSPS) is 16.1. The quantitative estimate of drug-likeness (QED) is 0.865. The van der Waals surface area contributed by atoms with Crippen LogP contribution in [0, 0.1) is 5.41 Å². The second-order valence-corrected chi connectivity index (χ2v) is 5.44. The third kappa shape index (κ3) is 3.10. The third-order valence-electron chi connectivity index (χ3n) is 3.95. The molecule has 0 spiro atoms. The molecule has 2 N–H and O–H groups in total. The van der Waals surface area contributed by atoms with Crippen molar-refractivity contribution in [3.05, 3.63) is 35.9 Å². The number of nitrogens with one attached hydrogen (secondary N) is 1. The predicted molar refractivity (Wildman–Crippen MR) is 75.2 cm³/mol. The van der Waals surface area contributed by atoms with Gasteiger partial charge in [0, 0.05) is 20.1 Å². The summed E-state index contributed by atoms with van der Waals surface area (Å²) < 4.78 is 0. The second kappa shape index (κ2) is 5.94. The van der Waals surface area contributed by atoms with E-state index in [-0.39, 0.29) is 12.6 Å². The van der Waals surface area contributed by atoms with E-state index in [1.54, 1.807) is 11.9 Å². The zero-order valence-corrected chi connectivity index (χ0v) is 11.6. The molecule has 2 amide bonds. The minimum absolute atomic E-state index is 0.209. The summed E-state index contributed by atoms with van der Waals surface area (Å²) in [5, 5.41) is 11.9. The van der Waals surface area contributed by atoms with E-state index in [1.165, 1.54) is 0 Å². The molecule has 0 atom stereocenters. The number of aliphatic carboxylic acids is 1. The first kappa shape index (κ1) is 14.4. The Morgan fingerprint density at radius 1 is 1.30 bits per heavy atom. The molecule has 0 bridgehead atoms. The zero-order chi connectivity index (χ0) is 14.6. The Morgan fingerprint density at radius 2 is 1.95 bits per heavy atom. The Labute approximate surface area is 118 Å². The fourth-order valence-corrected chi connectivity index (χ4v) is 2.38. The summed E-state index contributed by atoms with van der Waals surface area (Å²) in [6.45, 7) is 0.715. The fourth-order valence-electron chi connectivity index (χ4n) is 2.38. The Hall–Kier alpha value is -2.04. The minimum Gasteiger partial charge on any atom is -0.481 e. The fraction of sp³-hybridized carbons (Fsp3) is 0.467. The SMILES string of the molecule is CN(Cc1ccccc1)C(=O)NCC1(C(=O)O)CCC1. The van der Waals surface area contributed by atoms with Gasteiger partial charge >= 0.3 is 12.0 Å². The molecule has 1 fully saturated rings. The number of carbonyl (C=O) groups is 2. The Bertz CT molecular complexity index is 483. The van der Waals surface area contributed by atoms with Gasteiger partial charge in [-0.25, -0.2) is 4.79 Å². The lowest BCUT2D eigenvalue weighted by Crippen LogP contribution is -2.49. The van der Waals surface area contributed by atoms with Gasteiger partial charge in [-0.3, -0.25) is 4.79 Å². The van der Waals surface area contributed by atoms with Crippen LogP contribution in [0.4, 0.5) is 4.79 Å². The Morgan fingerprint density at radius 3 is 2.45 bits per heavy atom. The van der Waals surface area contributed by atoms with Crippen LogP contribution in [0.15, 0.2) is 30.3 Å². The second-order valence-electron chi connectivity index (χ2n) is 5.44. The van der Waals surface area contributed by atoms with E-state index in [0.717, 1.165) is 12.0 Å². The smallest absolute Gasteiger partial charge is 0.317 e. The summed E-state index contributed by atoms with van der Waals surface area (Å²) in [4.78, 5) is 24.7. The molecule has 0 saturated heterocycles. The standard InChI is InChI=1S/C15H20N2O3/c1-17(10-12-6-3-2-4-7-12)14(20)16-11-15(13(18)19)8-5-9-15/h2-4,6-7H,5,8-11H2,1H3,(H,16,20)(H,18,19). The zero-order valence-electron chi connectivity index (χ0n) is 11.6. The number of benzene rings is 1. The van der Waals surface area contributed by atoms with Gasteiger partial charge in [0.1, 0.15) is 0 Å². The number of nitrogens with zero attached hydrogens (tertiary/aromatic N) is 1. The average Bonchev–Trinajstić information content (AvgIpc) is 2.37. The van der Waals surface area contributed by atoms with Crippen molar-refractivity contribution in [2.45, 2.75) is 25.8 Å². The van der Waals surface area contributed by atoms with Crippen molar-refractivity contribution in [2.75, 3.05) is 13.6 Å². The molecule has 1 saturated carbocycles. The summed E-state index contributed by atoms with van der Waals surface area (Å²) in [5.74, 6) is -0.810. The molecule has 1 aliphatic rings. The number of carboxylic acids is 1. The molecule has 0 radical (unpaired) electrons. The molecular weight excluding hydrogens is 256 g/mol. The number of hydrogen-bond donors (Lipinski definition) is 2. The van der Waals surface area contributed by atoms with Gasteiger partial charge in [-0.2, -0.15) is 0 Å². The van der Waals surface area contributed by atoms with Crippen molar-refractivity contribution < 1.29 is 14.7 Å². The highest BCUT2D eigenvalue weighted by molar-refractivity contribution is 5.78. The van der Waals surface area contributed by atoms with Crippen molar-refractivity contribution in [3.63, 3.8) is 0 Å². The van der Waals surface area contributed by atoms with Gasteiger partial charge in [-0.15, -0.1) is 0 Å².